The maximum atomic E-state index is 12.9. The second-order valence-corrected chi connectivity index (χ2v) is 9.72. The molecular weight excluding hydrogens is 358 g/mol. The molecule has 0 bridgehead atoms. The summed E-state index contributed by atoms with van der Waals surface area (Å²) in [6.07, 6.45) is 9.36. The second kappa shape index (κ2) is 5.63. The van der Waals surface area contributed by atoms with E-state index in [1.807, 2.05) is 13.0 Å². The molecule has 6 heteroatoms. The zero-order chi connectivity index (χ0) is 19.9. The third kappa shape index (κ3) is 1.93. The molecule has 5 aliphatic rings. The molecule has 0 amide bonds. The van der Waals surface area contributed by atoms with Crippen molar-refractivity contribution in [3.8, 4) is 0 Å². The Morgan fingerprint density at radius 1 is 1.39 bits per heavy atom. The average Bonchev–Trinajstić information content (AvgIpc) is 3.18. The molecule has 0 aromatic rings. The molecule has 5 rings (SSSR count). The number of fused-ring (bicyclic) bond motifs is 7. The Morgan fingerprint density at radius 3 is 2.93 bits per heavy atom. The van der Waals surface area contributed by atoms with E-state index < -0.39 is 23.7 Å². The third-order valence-corrected chi connectivity index (χ3v) is 8.76. The van der Waals surface area contributed by atoms with Gasteiger partial charge in [0.2, 0.25) is 11.4 Å². The Morgan fingerprint density at radius 2 is 2.18 bits per heavy atom. The van der Waals surface area contributed by atoms with Crippen LogP contribution in [0, 0.1) is 34.5 Å². The largest absolute Gasteiger partial charge is 0.393 e. The summed E-state index contributed by atoms with van der Waals surface area (Å²) in [5.74, 6) is -0.0597. The predicted octanol–water partition coefficient (Wildman–Crippen LogP) is 1.81. The van der Waals surface area contributed by atoms with E-state index >= 15 is 0 Å². The van der Waals surface area contributed by atoms with Crippen molar-refractivity contribution < 1.29 is 24.6 Å². The minimum Gasteiger partial charge on any atom is -0.393 e. The van der Waals surface area contributed by atoms with Crippen molar-refractivity contribution in [1.29, 1.82) is 0 Å². The summed E-state index contributed by atoms with van der Waals surface area (Å²) in [5.41, 5.74) is -0.979. The van der Waals surface area contributed by atoms with Crippen LogP contribution in [0.3, 0.4) is 0 Å². The molecule has 0 spiro atoms. The van der Waals surface area contributed by atoms with Crippen molar-refractivity contribution in [1.82, 2.24) is 0 Å². The number of allylic oxidation sites excluding steroid dienone is 4. The lowest BCUT2D eigenvalue weighted by atomic mass is 9.46. The van der Waals surface area contributed by atoms with Crippen LogP contribution in [0.15, 0.2) is 29.0 Å². The van der Waals surface area contributed by atoms with E-state index in [1.54, 1.807) is 18.4 Å². The summed E-state index contributed by atoms with van der Waals surface area (Å²) in [5, 5.41) is 25.0. The van der Waals surface area contributed by atoms with E-state index in [4.69, 9.17) is 4.84 Å². The number of hydrogen-bond acceptors (Lipinski definition) is 6. The maximum Gasteiger partial charge on any atom is 0.211 e. The molecule has 4 aliphatic carbocycles. The van der Waals surface area contributed by atoms with Gasteiger partial charge in [0.1, 0.15) is 6.61 Å². The lowest BCUT2D eigenvalue weighted by Gasteiger charge is -2.59. The van der Waals surface area contributed by atoms with Gasteiger partial charge < -0.3 is 15.1 Å². The Hall–Kier alpha value is -1.79. The summed E-state index contributed by atoms with van der Waals surface area (Å²) in [4.78, 5) is 30.5. The first-order valence-electron chi connectivity index (χ1n) is 10.3. The standard InChI is InChI=1S/C22H27NO5/c1-20-6-5-14(25)7-12(20)3-4-15-16-8-13-10-23-28-22(13,18(27)11-24)21(16,2)9-17(26)19(15)20/h5-7,10,13,15-17,19,24,26H,3-4,8-9,11H2,1-2H3/t13-,15-,16-,17?,19+,20-,21-,22-/m0/s1. The number of aliphatic hydroxyl groups excluding tert-OH is 2. The van der Waals surface area contributed by atoms with Crippen molar-refractivity contribution in [2.75, 3.05) is 6.61 Å². The summed E-state index contributed by atoms with van der Waals surface area (Å²) in [6, 6.07) is 0. The number of ketones is 2. The molecule has 1 heterocycles. The van der Waals surface area contributed by atoms with E-state index in [2.05, 4.69) is 12.1 Å². The molecule has 3 saturated carbocycles. The molecule has 0 saturated heterocycles. The molecule has 8 atom stereocenters. The number of carbonyl (C=O) groups excluding carboxylic acids is 2. The number of Topliss-reactive ketones (excluding diaryl/α,β-unsaturated/α-hetero) is 1. The van der Waals surface area contributed by atoms with Crippen LogP contribution in [-0.4, -0.2) is 46.3 Å². The van der Waals surface area contributed by atoms with Gasteiger partial charge in [-0.15, -0.1) is 0 Å². The first kappa shape index (κ1) is 18.3. The zero-order valence-electron chi connectivity index (χ0n) is 16.3. The number of rotatable bonds is 2. The minimum absolute atomic E-state index is 0.00645. The van der Waals surface area contributed by atoms with Gasteiger partial charge in [0.05, 0.1) is 12.3 Å². The quantitative estimate of drug-likeness (QED) is 0.756. The molecule has 0 radical (unpaired) electrons. The Kier molecular flexibility index (Phi) is 3.67. The number of hydrogen-bond donors (Lipinski definition) is 2. The average molecular weight is 385 g/mol. The van der Waals surface area contributed by atoms with E-state index in [1.165, 1.54) is 0 Å². The highest BCUT2D eigenvalue weighted by molar-refractivity contribution is 6.01. The third-order valence-electron chi connectivity index (χ3n) is 8.76. The van der Waals surface area contributed by atoms with Gasteiger partial charge in [0.15, 0.2) is 5.78 Å². The fourth-order valence-electron chi connectivity index (χ4n) is 7.62. The van der Waals surface area contributed by atoms with E-state index in [0.717, 1.165) is 24.8 Å². The van der Waals surface area contributed by atoms with Gasteiger partial charge in [0.25, 0.3) is 0 Å². The second-order valence-electron chi connectivity index (χ2n) is 9.72. The molecule has 0 aromatic heterocycles. The first-order valence-corrected chi connectivity index (χ1v) is 10.3. The molecular formula is C22H27NO5. The van der Waals surface area contributed by atoms with Crippen LogP contribution in [0.2, 0.25) is 0 Å². The van der Waals surface area contributed by atoms with Crippen molar-refractivity contribution >= 4 is 17.8 Å². The van der Waals surface area contributed by atoms with Crippen molar-refractivity contribution in [2.24, 2.45) is 39.7 Å². The minimum atomic E-state index is -1.17. The first-order chi connectivity index (χ1) is 13.3. The Labute approximate surface area is 164 Å². The van der Waals surface area contributed by atoms with Gasteiger partial charge in [-0.25, -0.2) is 0 Å². The van der Waals surface area contributed by atoms with Crippen LogP contribution in [-0.2, 0) is 14.4 Å². The summed E-state index contributed by atoms with van der Waals surface area (Å²) >= 11 is 0. The zero-order valence-corrected chi connectivity index (χ0v) is 16.3. The topological polar surface area (TPSA) is 96.2 Å². The van der Waals surface area contributed by atoms with Crippen molar-refractivity contribution in [3.05, 3.63) is 23.8 Å². The monoisotopic (exact) mass is 385 g/mol. The number of carbonyl (C=O) groups is 2. The van der Waals surface area contributed by atoms with Gasteiger partial charge in [-0.3, -0.25) is 9.59 Å². The van der Waals surface area contributed by atoms with Crippen LogP contribution in [0.25, 0.3) is 0 Å². The van der Waals surface area contributed by atoms with Crippen LogP contribution in [0.5, 0.6) is 0 Å². The molecule has 150 valence electrons. The lowest BCUT2D eigenvalue weighted by molar-refractivity contribution is -0.192. The molecule has 3 fully saturated rings. The SMILES string of the molecule is C[C@]12C=CC(=O)C=C1CC[C@@H]1[C@@H]2C(O)C[C@@]2(C)[C@H]1C[C@H]1C=NO[C@]12C(=O)CO. The van der Waals surface area contributed by atoms with Gasteiger partial charge in [-0.05, 0) is 49.7 Å². The van der Waals surface area contributed by atoms with Gasteiger partial charge in [-0.1, -0.05) is 30.7 Å². The van der Waals surface area contributed by atoms with Crippen LogP contribution in [0.1, 0.15) is 39.5 Å². The molecule has 1 aliphatic heterocycles. The predicted molar refractivity (Wildman–Crippen MR) is 101 cm³/mol. The smallest absolute Gasteiger partial charge is 0.211 e. The number of aliphatic hydroxyl groups is 2. The van der Waals surface area contributed by atoms with E-state index in [0.29, 0.717) is 6.42 Å². The lowest BCUT2D eigenvalue weighted by Crippen LogP contribution is -2.62. The highest BCUT2D eigenvalue weighted by atomic mass is 16.7. The fourth-order valence-corrected chi connectivity index (χ4v) is 7.62. The normalized spacial score (nSPS) is 50.9. The Bertz CT molecular complexity index is 846. The summed E-state index contributed by atoms with van der Waals surface area (Å²) in [6.45, 7) is 3.59. The van der Waals surface area contributed by atoms with Gasteiger partial charge in [0, 0.05) is 22.7 Å². The van der Waals surface area contributed by atoms with Crippen molar-refractivity contribution in [3.63, 3.8) is 0 Å². The van der Waals surface area contributed by atoms with Crippen LogP contribution in [0.4, 0.5) is 0 Å². The molecule has 6 nitrogen and oxygen atoms in total. The van der Waals surface area contributed by atoms with E-state index in [9.17, 15) is 19.8 Å². The number of oxime groups is 1. The molecule has 1 unspecified atom stereocenters. The highest BCUT2D eigenvalue weighted by Crippen LogP contribution is 2.69. The number of nitrogens with zero attached hydrogens (tertiary/aromatic N) is 1. The fraction of sp³-hybridized carbons (Fsp3) is 0.682. The maximum absolute atomic E-state index is 12.9. The van der Waals surface area contributed by atoms with Crippen LogP contribution < -0.4 is 0 Å². The Balaban J connectivity index is 1.59. The van der Waals surface area contributed by atoms with Crippen LogP contribution >= 0.6 is 0 Å². The molecule has 28 heavy (non-hydrogen) atoms. The van der Waals surface area contributed by atoms with Gasteiger partial charge >= 0.3 is 0 Å². The van der Waals surface area contributed by atoms with E-state index in [-0.39, 0.29) is 40.7 Å². The summed E-state index contributed by atoms with van der Waals surface area (Å²) < 4.78 is 0. The highest BCUT2D eigenvalue weighted by Gasteiger charge is 2.74. The van der Waals surface area contributed by atoms with Crippen molar-refractivity contribution in [2.45, 2.75) is 51.2 Å². The summed E-state index contributed by atoms with van der Waals surface area (Å²) in [7, 11) is 0. The molecule has 2 N–H and O–H groups in total. The molecule has 0 aromatic carbocycles. The van der Waals surface area contributed by atoms with Gasteiger partial charge in [-0.2, -0.15) is 0 Å².